The first-order chi connectivity index (χ1) is 9.22. The Hall–Kier alpha value is -1.27. The molecule has 0 saturated heterocycles. The van der Waals surface area contributed by atoms with E-state index in [1.54, 1.807) is 0 Å². The van der Waals surface area contributed by atoms with E-state index in [1.165, 1.54) is 22.1 Å². The number of nitrogens with zero attached hydrogens (tertiary/aromatic N) is 4. The normalized spacial score (nSPS) is 12.8. The SMILES string of the molecule is CCCNC(CCc1ccnn1C)c1snnc1C. The number of hydrogen-bond acceptors (Lipinski definition) is 5. The van der Waals surface area contributed by atoms with Crippen molar-refractivity contribution in [2.75, 3.05) is 6.54 Å². The molecule has 0 spiro atoms. The van der Waals surface area contributed by atoms with Crippen molar-refractivity contribution in [1.29, 1.82) is 0 Å². The van der Waals surface area contributed by atoms with E-state index >= 15 is 0 Å². The number of rotatable bonds is 7. The minimum absolute atomic E-state index is 0.342. The molecule has 0 saturated carbocycles. The molecule has 0 radical (unpaired) electrons. The van der Waals surface area contributed by atoms with E-state index in [-0.39, 0.29) is 0 Å². The second kappa shape index (κ2) is 6.77. The second-order valence-corrected chi connectivity index (χ2v) is 5.50. The van der Waals surface area contributed by atoms with E-state index in [2.05, 4.69) is 33.0 Å². The summed E-state index contributed by atoms with van der Waals surface area (Å²) in [6.45, 7) is 5.24. The molecule has 0 aliphatic heterocycles. The monoisotopic (exact) mass is 279 g/mol. The molecule has 19 heavy (non-hydrogen) atoms. The van der Waals surface area contributed by atoms with Crippen molar-refractivity contribution < 1.29 is 0 Å². The maximum Gasteiger partial charge on any atom is 0.0772 e. The van der Waals surface area contributed by atoms with Crippen LogP contribution in [0.25, 0.3) is 0 Å². The average molecular weight is 279 g/mol. The van der Waals surface area contributed by atoms with E-state index in [1.807, 2.05) is 24.9 Å². The van der Waals surface area contributed by atoms with Crippen molar-refractivity contribution in [2.45, 2.75) is 39.2 Å². The first-order valence-electron chi connectivity index (χ1n) is 6.71. The predicted octanol–water partition coefficient (Wildman–Crippen LogP) is 2.25. The fraction of sp³-hybridized carbons (Fsp3) is 0.615. The molecule has 2 aromatic rings. The van der Waals surface area contributed by atoms with Gasteiger partial charge in [-0.2, -0.15) is 5.10 Å². The van der Waals surface area contributed by atoms with E-state index in [0.29, 0.717) is 6.04 Å². The van der Waals surface area contributed by atoms with Crippen LogP contribution >= 0.6 is 11.5 Å². The Bertz CT molecular complexity index is 505. The van der Waals surface area contributed by atoms with Crippen molar-refractivity contribution in [3.63, 3.8) is 0 Å². The zero-order valence-electron chi connectivity index (χ0n) is 11.8. The molecule has 0 aliphatic rings. The topological polar surface area (TPSA) is 55.6 Å². The van der Waals surface area contributed by atoms with Crippen LogP contribution in [0.4, 0.5) is 0 Å². The molecule has 0 bridgehead atoms. The molecule has 1 unspecified atom stereocenters. The molecule has 5 nitrogen and oxygen atoms in total. The largest absolute Gasteiger partial charge is 0.309 e. The first kappa shape index (κ1) is 14.1. The molecule has 6 heteroatoms. The lowest BCUT2D eigenvalue weighted by atomic mass is 10.1. The molecule has 1 atom stereocenters. The first-order valence-corrected chi connectivity index (χ1v) is 7.48. The van der Waals surface area contributed by atoms with E-state index in [0.717, 1.165) is 31.5 Å². The molecular weight excluding hydrogens is 258 g/mol. The Morgan fingerprint density at radius 2 is 2.32 bits per heavy atom. The molecule has 2 heterocycles. The van der Waals surface area contributed by atoms with Crippen LogP contribution < -0.4 is 5.32 Å². The predicted molar refractivity (Wildman–Crippen MR) is 77.2 cm³/mol. The summed E-state index contributed by atoms with van der Waals surface area (Å²) < 4.78 is 5.99. The zero-order chi connectivity index (χ0) is 13.7. The molecule has 1 N–H and O–H groups in total. The quantitative estimate of drug-likeness (QED) is 0.844. The van der Waals surface area contributed by atoms with Gasteiger partial charge in [0.1, 0.15) is 0 Å². The standard InChI is InChI=1S/C13H21N5S/c1-4-8-14-12(13-10(2)16-17-19-13)6-5-11-7-9-15-18(11)3/h7,9,12,14H,4-6,8H2,1-3H3. The van der Waals surface area contributed by atoms with Crippen molar-refractivity contribution >= 4 is 11.5 Å². The third-order valence-electron chi connectivity index (χ3n) is 3.26. The Balaban J connectivity index is 2.02. The third kappa shape index (κ3) is 3.61. The van der Waals surface area contributed by atoms with Gasteiger partial charge in [0.25, 0.3) is 0 Å². The zero-order valence-corrected chi connectivity index (χ0v) is 12.6. The molecule has 2 rings (SSSR count). The summed E-state index contributed by atoms with van der Waals surface area (Å²) in [7, 11) is 1.99. The second-order valence-electron chi connectivity index (χ2n) is 4.71. The highest BCUT2D eigenvalue weighted by atomic mass is 32.1. The van der Waals surface area contributed by atoms with E-state index < -0.39 is 0 Å². The Morgan fingerprint density at radius 3 is 2.89 bits per heavy atom. The summed E-state index contributed by atoms with van der Waals surface area (Å²) in [4.78, 5) is 1.26. The summed E-state index contributed by atoms with van der Waals surface area (Å²) in [5, 5.41) is 11.9. The van der Waals surface area contributed by atoms with Gasteiger partial charge in [-0.3, -0.25) is 4.68 Å². The van der Waals surface area contributed by atoms with Crippen LogP contribution in [0.3, 0.4) is 0 Å². The van der Waals surface area contributed by atoms with Gasteiger partial charge in [-0.1, -0.05) is 11.4 Å². The highest BCUT2D eigenvalue weighted by Gasteiger charge is 2.17. The molecule has 0 fully saturated rings. The summed E-state index contributed by atoms with van der Waals surface area (Å²) in [5.74, 6) is 0. The fourth-order valence-electron chi connectivity index (χ4n) is 2.14. The Morgan fingerprint density at radius 1 is 1.47 bits per heavy atom. The minimum Gasteiger partial charge on any atom is -0.309 e. The number of hydrogen-bond donors (Lipinski definition) is 1. The molecule has 0 aromatic carbocycles. The van der Waals surface area contributed by atoms with Crippen molar-refractivity contribution in [1.82, 2.24) is 24.7 Å². The highest BCUT2D eigenvalue weighted by molar-refractivity contribution is 7.05. The fourth-order valence-corrected chi connectivity index (χ4v) is 2.89. The lowest BCUT2D eigenvalue weighted by Crippen LogP contribution is -2.23. The van der Waals surface area contributed by atoms with Crippen molar-refractivity contribution in [3.8, 4) is 0 Å². The van der Waals surface area contributed by atoms with Crippen LogP contribution in [0.15, 0.2) is 12.3 Å². The third-order valence-corrected chi connectivity index (χ3v) is 4.20. The van der Waals surface area contributed by atoms with Gasteiger partial charge in [0.05, 0.1) is 10.6 Å². The van der Waals surface area contributed by atoms with Crippen LogP contribution in [0.1, 0.15) is 42.1 Å². The van der Waals surface area contributed by atoms with Crippen LogP contribution in [-0.2, 0) is 13.5 Å². The van der Waals surface area contributed by atoms with Gasteiger partial charge >= 0.3 is 0 Å². The van der Waals surface area contributed by atoms with Gasteiger partial charge in [0.15, 0.2) is 0 Å². The summed E-state index contributed by atoms with van der Waals surface area (Å²) in [5.41, 5.74) is 2.31. The van der Waals surface area contributed by atoms with Crippen LogP contribution in [0.5, 0.6) is 0 Å². The minimum atomic E-state index is 0.342. The number of aryl methyl sites for hydroxylation is 3. The van der Waals surface area contributed by atoms with Crippen LogP contribution in [0, 0.1) is 6.92 Å². The average Bonchev–Trinajstić information content (AvgIpc) is 2.99. The van der Waals surface area contributed by atoms with Gasteiger partial charge in [-0.15, -0.1) is 5.10 Å². The van der Waals surface area contributed by atoms with Gasteiger partial charge in [0.2, 0.25) is 0 Å². The number of aromatic nitrogens is 4. The lowest BCUT2D eigenvalue weighted by molar-refractivity contribution is 0.495. The maximum absolute atomic E-state index is 4.21. The van der Waals surface area contributed by atoms with E-state index in [9.17, 15) is 0 Å². The van der Waals surface area contributed by atoms with Crippen LogP contribution in [0.2, 0.25) is 0 Å². The van der Waals surface area contributed by atoms with Gasteiger partial charge in [-0.25, -0.2) is 0 Å². The molecule has 0 amide bonds. The van der Waals surface area contributed by atoms with Gasteiger partial charge in [-0.05, 0) is 50.3 Å². The highest BCUT2D eigenvalue weighted by Crippen LogP contribution is 2.24. The molecular formula is C13H21N5S. The van der Waals surface area contributed by atoms with Gasteiger partial charge < -0.3 is 5.32 Å². The van der Waals surface area contributed by atoms with Crippen molar-refractivity contribution in [2.24, 2.45) is 7.05 Å². The molecule has 104 valence electrons. The smallest absolute Gasteiger partial charge is 0.0772 e. The summed E-state index contributed by atoms with van der Waals surface area (Å²) >= 11 is 1.50. The maximum atomic E-state index is 4.21. The van der Waals surface area contributed by atoms with Crippen LogP contribution in [-0.4, -0.2) is 25.9 Å². The van der Waals surface area contributed by atoms with Crippen molar-refractivity contribution in [3.05, 3.63) is 28.5 Å². The molecule has 0 aliphatic carbocycles. The van der Waals surface area contributed by atoms with Gasteiger partial charge in [0, 0.05) is 25.0 Å². The Labute approximate surface area is 118 Å². The molecule has 2 aromatic heterocycles. The van der Waals surface area contributed by atoms with E-state index in [4.69, 9.17) is 0 Å². The number of nitrogens with one attached hydrogen (secondary N) is 1. The summed E-state index contributed by atoms with van der Waals surface area (Å²) in [6, 6.07) is 2.42. The summed E-state index contributed by atoms with van der Waals surface area (Å²) in [6.07, 6.45) is 5.04. The Kier molecular flexibility index (Phi) is 5.04. The lowest BCUT2D eigenvalue weighted by Gasteiger charge is -2.17.